The standard InChI is InChI=1S/C15H12Cl2N4OS/c1-8-4-9(16)2-3-11(8)19-13(22)7-23-15-20-12-5-10(17)6-18-14(12)21-15/h2-6H,7H2,1H3,(H,19,22)(H,18,20,21). The first-order chi connectivity index (χ1) is 11.0. The van der Waals surface area contributed by atoms with Gasteiger partial charge in [0.2, 0.25) is 5.91 Å². The average molecular weight is 367 g/mol. The summed E-state index contributed by atoms with van der Waals surface area (Å²) in [6, 6.07) is 7.08. The van der Waals surface area contributed by atoms with Crippen molar-refractivity contribution in [3.05, 3.63) is 46.1 Å². The molecule has 3 aromatic rings. The quantitative estimate of drug-likeness (QED) is 0.675. The molecule has 0 aliphatic rings. The van der Waals surface area contributed by atoms with Crippen LogP contribution in [0.3, 0.4) is 0 Å². The van der Waals surface area contributed by atoms with E-state index in [0.29, 0.717) is 20.8 Å². The Kier molecular flexibility index (Phi) is 4.75. The number of rotatable bonds is 4. The summed E-state index contributed by atoms with van der Waals surface area (Å²) in [7, 11) is 0. The van der Waals surface area contributed by atoms with Crippen molar-refractivity contribution >= 4 is 57.7 Å². The van der Waals surface area contributed by atoms with Crippen LogP contribution in [0.1, 0.15) is 5.56 Å². The zero-order valence-electron chi connectivity index (χ0n) is 12.1. The lowest BCUT2D eigenvalue weighted by Gasteiger charge is -2.07. The Labute approximate surface area is 146 Å². The summed E-state index contributed by atoms with van der Waals surface area (Å²) in [4.78, 5) is 23.5. The highest BCUT2D eigenvalue weighted by molar-refractivity contribution is 7.99. The van der Waals surface area contributed by atoms with Gasteiger partial charge in [0.15, 0.2) is 10.8 Å². The number of aromatic nitrogens is 3. The molecule has 0 aliphatic heterocycles. The Hall–Kier alpha value is -1.76. The van der Waals surface area contributed by atoms with Gasteiger partial charge in [0.1, 0.15) is 0 Å². The van der Waals surface area contributed by atoms with Gasteiger partial charge in [-0.3, -0.25) is 4.79 Å². The Morgan fingerprint density at radius 3 is 2.91 bits per heavy atom. The number of H-pyrrole nitrogens is 1. The smallest absolute Gasteiger partial charge is 0.234 e. The highest BCUT2D eigenvalue weighted by Crippen LogP contribution is 2.22. The number of pyridine rings is 1. The van der Waals surface area contributed by atoms with Gasteiger partial charge in [0, 0.05) is 16.9 Å². The number of imidazole rings is 1. The van der Waals surface area contributed by atoms with E-state index in [1.165, 1.54) is 18.0 Å². The Balaban J connectivity index is 1.63. The number of carbonyl (C=O) groups excluding carboxylic acids is 1. The second-order valence-corrected chi connectivity index (χ2v) is 6.70. The van der Waals surface area contributed by atoms with Crippen LogP contribution in [0, 0.1) is 6.92 Å². The van der Waals surface area contributed by atoms with Gasteiger partial charge in [-0.1, -0.05) is 35.0 Å². The van der Waals surface area contributed by atoms with E-state index in [2.05, 4.69) is 20.3 Å². The molecule has 1 aromatic carbocycles. The average Bonchev–Trinajstić information content (AvgIpc) is 2.90. The van der Waals surface area contributed by atoms with Crippen molar-refractivity contribution in [2.45, 2.75) is 12.1 Å². The van der Waals surface area contributed by atoms with Gasteiger partial charge in [-0.25, -0.2) is 9.97 Å². The second-order valence-electron chi connectivity index (χ2n) is 4.86. The minimum atomic E-state index is -0.119. The fourth-order valence-corrected chi connectivity index (χ4v) is 3.07. The van der Waals surface area contributed by atoms with Gasteiger partial charge in [-0.15, -0.1) is 0 Å². The lowest BCUT2D eigenvalue weighted by molar-refractivity contribution is -0.113. The third-order valence-corrected chi connectivity index (χ3v) is 4.40. The maximum absolute atomic E-state index is 12.0. The molecule has 118 valence electrons. The van der Waals surface area contributed by atoms with Gasteiger partial charge >= 0.3 is 0 Å². The van der Waals surface area contributed by atoms with Crippen molar-refractivity contribution < 1.29 is 4.79 Å². The van der Waals surface area contributed by atoms with Crippen molar-refractivity contribution in [3.63, 3.8) is 0 Å². The summed E-state index contributed by atoms with van der Waals surface area (Å²) in [6.45, 7) is 1.89. The summed E-state index contributed by atoms with van der Waals surface area (Å²) in [5, 5.41) is 4.65. The molecule has 0 fully saturated rings. The number of carbonyl (C=O) groups is 1. The predicted molar refractivity (Wildman–Crippen MR) is 94.4 cm³/mol. The van der Waals surface area contributed by atoms with Gasteiger partial charge < -0.3 is 10.3 Å². The van der Waals surface area contributed by atoms with Crippen molar-refractivity contribution in [1.29, 1.82) is 0 Å². The van der Waals surface area contributed by atoms with Crippen LogP contribution in [0.5, 0.6) is 0 Å². The van der Waals surface area contributed by atoms with Crippen LogP contribution in [0.25, 0.3) is 11.2 Å². The fourth-order valence-electron chi connectivity index (χ4n) is 2.01. The first kappa shape index (κ1) is 16.1. The van der Waals surface area contributed by atoms with E-state index in [0.717, 1.165) is 16.8 Å². The number of amides is 1. The predicted octanol–water partition coefficient (Wildman–Crippen LogP) is 4.30. The molecular weight excluding hydrogens is 355 g/mol. The first-order valence-corrected chi connectivity index (χ1v) is 8.45. The number of aryl methyl sites for hydroxylation is 1. The number of fused-ring (bicyclic) bond motifs is 1. The van der Waals surface area contributed by atoms with Crippen LogP contribution in [0.2, 0.25) is 10.0 Å². The van der Waals surface area contributed by atoms with E-state index in [4.69, 9.17) is 23.2 Å². The van der Waals surface area contributed by atoms with Gasteiger partial charge in [-0.05, 0) is 36.8 Å². The Morgan fingerprint density at radius 2 is 2.13 bits per heavy atom. The third kappa shape index (κ3) is 3.96. The number of hydrogen-bond donors (Lipinski definition) is 2. The third-order valence-electron chi connectivity index (χ3n) is 3.08. The molecule has 23 heavy (non-hydrogen) atoms. The molecule has 2 N–H and O–H groups in total. The van der Waals surface area contributed by atoms with E-state index in [-0.39, 0.29) is 11.7 Å². The van der Waals surface area contributed by atoms with Crippen molar-refractivity contribution in [2.24, 2.45) is 0 Å². The number of thioether (sulfide) groups is 1. The van der Waals surface area contributed by atoms with Gasteiger partial charge in [0.05, 0.1) is 16.3 Å². The SMILES string of the molecule is Cc1cc(Cl)ccc1NC(=O)CSc1nc2ncc(Cl)cc2[nH]1. The zero-order chi connectivity index (χ0) is 16.4. The maximum Gasteiger partial charge on any atom is 0.234 e. The van der Waals surface area contributed by atoms with Crippen LogP contribution >= 0.6 is 35.0 Å². The normalized spacial score (nSPS) is 10.9. The molecule has 5 nitrogen and oxygen atoms in total. The van der Waals surface area contributed by atoms with Crippen molar-refractivity contribution in [3.8, 4) is 0 Å². The van der Waals surface area contributed by atoms with E-state index < -0.39 is 0 Å². The van der Waals surface area contributed by atoms with E-state index >= 15 is 0 Å². The largest absolute Gasteiger partial charge is 0.331 e. The van der Waals surface area contributed by atoms with Crippen molar-refractivity contribution in [1.82, 2.24) is 15.0 Å². The van der Waals surface area contributed by atoms with Gasteiger partial charge in [0.25, 0.3) is 0 Å². The lowest BCUT2D eigenvalue weighted by atomic mass is 10.2. The first-order valence-electron chi connectivity index (χ1n) is 6.71. The summed E-state index contributed by atoms with van der Waals surface area (Å²) in [6.07, 6.45) is 1.54. The monoisotopic (exact) mass is 366 g/mol. The molecule has 0 bridgehead atoms. The molecule has 0 unspecified atom stereocenters. The Bertz CT molecular complexity index is 881. The number of nitrogens with zero attached hydrogens (tertiary/aromatic N) is 2. The van der Waals surface area contributed by atoms with Crippen LogP contribution < -0.4 is 5.32 Å². The molecule has 8 heteroatoms. The lowest BCUT2D eigenvalue weighted by Crippen LogP contribution is -2.14. The van der Waals surface area contributed by atoms with E-state index in [9.17, 15) is 4.79 Å². The van der Waals surface area contributed by atoms with E-state index in [1.807, 2.05) is 6.92 Å². The highest BCUT2D eigenvalue weighted by Gasteiger charge is 2.09. The number of nitrogens with one attached hydrogen (secondary N) is 2. The van der Waals surface area contributed by atoms with Crippen LogP contribution in [-0.4, -0.2) is 26.6 Å². The molecule has 0 spiro atoms. The summed E-state index contributed by atoms with van der Waals surface area (Å²) in [5.74, 6) is 0.113. The summed E-state index contributed by atoms with van der Waals surface area (Å²) in [5.41, 5.74) is 2.98. The number of benzene rings is 1. The Morgan fingerprint density at radius 1 is 1.30 bits per heavy atom. The number of anilines is 1. The molecule has 1 amide bonds. The highest BCUT2D eigenvalue weighted by atomic mass is 35.5. The van der Waals surface area contributed by atoms with Crippen molar-refractivity contribution in [2.75, 3.05) is 11.1 Å². The van der Waals surface area contributed by atoms with Crippen LogP contribution in [-0.2, 0) is 4.79 Å². The van der Waals surface area contributed by atoms with E-state index in [1.54, 1.807) is 24.3 Å². The molecule has 0 radical (unpaired) electrons. The van der Waals surface area contributed by atoms with Crippen LogP contribution in [0.15, 0.2) is 35.6 Å². The maximum atomic E-state index is 12.0. The fraction of sp³-hybridized carbons (Fsp3) is 0.133. The zero-order valence-corrected chi connectivity index (χ0v) is 14.4. The number of aromatic amines is 1. The molecule has 0 saturated carbocycles. The second kappa shape index (κ2) is 6.78. The molecule has 0 saturated heterocycles. The molecule has 0 atom stereocenters. The molecule has 2 heterocycles. The summed E-state index contributed by atoms with van der Waals surface area (Å²) >= 11 is 13.1. The molecule has 3 rings (SSSR count). The molecule has 0 aliphatic carbocycles. The molecular formula is C15H12Cl2N4OS. The molecule has 2 aromatic heterocycles. The topological polar surface area (TPSA) is 70.7 Å². The number of hydrogen-bond acceptors (Lipinski definition) is 4. The summed E-state index contributed by atoms with van der Waals surface area (Å²) < 4.78 is 0. The minimum Gasteiger partial charge on any atom is -0.331 e. The van der Waals surface area contributed by atoms with Gasteiger partial charge in [-0.2, -0.15) is 0 Å². The minimum absolute atomic E-state index is 0.119. The number of halogens is 2. The van der Waals surface area contributed by atoms with Crippen LogP contribution in [0.4, 0.5) is 5.69 Å².